The number of rotatable bonds is 5. The summed E-state index contributed by atoms with van der Waals surface area (Å²) < 4.78 is 32.2. The Balaban J connectivity index is 3.04. The summed E-state index contributed by atoms with van der Waals surface area (Å²) in [6.07, 6.45) is -0.323. The molecule has 1 aromatic carbocycles. The number of azide groups is 1. The van der Waals surface area contributed by atoms with Gasteiger partial charge in [-0.25, -0.2) is 8.78 Å². The number of esters is 1. The lowest BCUT2D eigenvalue weighted by molar-refractivity contribution is -0.146. The van der Waals surface area contributed by atoms with E-state index in [9.17, 15) is 18.4 Å². The molecule has 22 heavy (non-hydrogen) atoms. The normalized spacial score (nSPS) is 11.7. The minimum atomic E-state index is -1.17. The number of hydrogen-bond acceptors (Lipinski definition) is 4. The Morgan fingerprint density at radius 3 is 2.45 bits per heavy atom. The van der Waals surface area contributed by atoms with Gasteiger partial charge in [0.2, 0.25) is 0 Å². The van der Waals surface area contributed by atoms with E-state index in [2.05, 4.69) is 10.0 Å². The number of thioether (sulfide) groups is 1. The van der Waals surface area contributed by atoms with Gasteiger partial charge in [-0.1, -0.05) is 0 Å². The monoisotopic (exact) mass is 329 g/mol. The van der Waals surface area contributed by atoms with Crippen molar-refractivity contribution in [3.05, 3.63) is 39.8 Å². The molecule has 0 aromatic heterocycles. The van der Waals surface area contributed by atoms with Gasteiger partial charge in [-0.3, -0.25) is 9.59 Å². The van der Waals surface area contributed by atoms with Gasteiger partial charge in [0.1, 0.15) is 16.9 Å². The summed E-state index contributed by atoms with van der Waals surface area (Å²) in [7, 11) is 0. The number of carbonyl (C=O) groups is 2. The first-order valence-corrected chi connectivity index (χ1v) is 7.09. The molecule has 1 atom stereocenters. The molecular weight excluding hydrogens is 316 g/mol. The van der Waals surface area contributed by atoms with Crippen LogP contribution in [0.1, 0.15) is 31.1 Å². The first kappa shape index (κ1) is 17.9. The lowest BCUT2D eigenvalue weighted by atomic mass is 10.2. The standard InChI is InChI=1S/C13H13F2N3O3S/c1-6(2)21-13(20)7(3)22-11-4-8(12(19)17-18-16)9(14)5-10(11)15/h4-7H,1-3H3. The van der Waals surface area contributed by atoms with E-state index in [1.54, 1.807) is 13.8 Å². The van der Waals surface area contributed by atoms with Crippen LogP contribution in [0, 0.1) is 11.6 Å². The highest BCUT2D eigenvalue weighted by Gasteiger charge is 2.21. The lowest BCUT2D eigenvalue weighted by Crippen LogP contribution is -2.20. The molecule has 0 N–H and O–H groups in total. The maximum atomic E-state index is 13.7. The average molecular weight is 329 g/mol. The van der Waals surface area contributed by atoms with Crippen LogP contribution in [-0.4, -0.2) is 23.2 Å². The molecule has 0 radical (unpaired) electrons. The predicted octanol–water partition coefficient (Wildman–Crippen LogP) is 3.85. The number of halogens is 2. The molecule has 0 saturated heterocycles. The van der Waals surface area contributed by atoms with Gasteiger partial charge in [-0.2, -0.15) is 0 Å². The van der Waals surface area contributed by atoms with Gasteiger partial charge in [0.25, 0.3) is 5.91 Å². The second-order valence-electron chi connectivity index (χ2n) is 4.50. The molecule has 0 bridgehead atoms. The fourth-order valence-electron chi connectivity index (χ4n) is 1.44. The number of ether oxygens (including phenoxy) is 1. The number of carbonyl (C=O) groups excluding carboxylic acids is 2. The molecule has 0 aliphatic heterocycles. The highest BCUT2D eigenvalue weighted by atomic mass is 32.2. The summed E-state index contributed by atoms with van der Waals surface area (Å²) in [5.74, 6) is -3.80. The molecule has 6 nitrogen and oxygen atoms in total. The Kier molecular flexibility index (Phi) is 6.33. The van der Waals surface area contributed by atoms with Crippen LogP contribution in [0.15, 0.2) is 22.1 Å². The summed E-state index contributed by atoms with van der Waals surface area (Å²) in [5, 5.41) is 2.00. The van der Waals surface area contributed by atoms with Gasteiger partial charge >= 0.3 is 5.97 Å². The number of hydrogen-bond donors (Lipinski definition) is 0. The molecule has 0 aliphatic rings. The molecule has 0 aliphatic carbocycles. The van der Waals surface area contributed by atoms with Crippen LogP contribution in [0.2, 0.25) is 0 Å². The molecule has 1 rings (SSSR count). The van der Waals surface area contributed by atoms with Crippen molar-refractivity contribution in [1.29, 1.82) is 0 Å². The zero-order valence-corrected chi connectivity index (χ0v) is 12.9. The van der Waals surface area contributed by atoms with Crippen LogP contribution in [0.3, 0.4) is 0 Å². The van der Waals surface area contributed by atoms with E-state index < -0.39 is 34.3 Å². The Morgan fingerprint density at radius 2 is 1.91 bits per heavy atom. The van der Waals surface area contributed by atoms with Crippen molar-refractivity contribution in [1.82, 2.24) is 0 Å². The van der Waals surface area contributed by atoms with E-state index in [1.807, 2.05) is 0 Å². The topological polar surface area (TPSA) is 92.1 Å². The first-order valence-electron chi connectivity index (χ1n) is 6.21. The third-order valence-corrected chi connectivity index (χ3v) is 3.49. The number of benzene rings is 1. The fourth-order valence-corrected chi connectivity index (χ4v) is 2.33. The summed E-state index contributed by atoms with van der Waals surface area (Å²) in [5.41, 5.74) is 7.63. The molecular formula is C13H13F2N3O3S. The van der Waals surface area contributed by atoms with Crippen molar-refractivity contribution in [3.63, 3.8) is 0 Å². The minimum absolute atomic E-state index is 0.119. The van der Waals surface area contributed by atoms with E-state index in [0.717, 1.165) is 17.8 Å². The fraction of sp³-hybridized carbons (Fsp3) is 0.385. The largest absolute Gasteiger partial charge is 0.462 e. The Hall–Kier alpha value is -2.12. The molecule has 0 spiro atoms. The third-order valence-electron chi connectivity index (χ3n) is 2.38. The number of amides is 1. The maximum absolute atomic E-state index is 13.7. The smallest absolute Gasteiger partial charge is 0.319 e. The van der Waals surface area contributed by atoms with Crippen LogP contribution in [0.25, 0.3) is 10.4 Å². The molecule has 1 unspecified atom stereocenters. The molecule has 1 amide bonds. The number of nitrogens with zero attached hydrogens (tertiary/aromatic N) is 3. The van der Waals surface area contributed by atoms with Crippen molar-refractivity contribution in [2.45, 2.75) is 37.0 Å². The zero-order valence-electron chi connectivity index (χ0n) is 12.0. The van der Waals surface area contributed by atoms with E-state index in [4.69, 9.17) is 10.3 Å². The van der Waals surface area contributed by atoms with Gasteiger partial charge in [0, 0.05) is 15.9 Å². The Labute approximate surface area is 129 Å². The molecule has 118 valence electrons. The second-order valence-corrected chi connectivity index (χ2v) is 5.89. The molecule has 0 saturated carbocycles. The second kappa shape index (κ2) is 7.77. The van der Waals surface area contributed by atoms with Gasteiger partial charge in [-0.05, 0) is 37.5 Å². The van der Waals surface area contributed by atoms with Crippen molar-refractivity contribution >= 4 is 23.6 Å². The SMILES string of the molecule is CC(C)OC(=O)C(C)Sc1cc(C(=O)N=[N+]=[N-])c(F)cc1F. The van der Waals surface area contributed by atoms with E-state index in [0.29, 0.717) is 6.07 Å². The summed E-state index contributed by atoms with van der Waals surface area (Å²) in [4.78, 5) is 25.2. The molecule has 9 heteroatoms. The van der Waals surface area contributed by atoms with Gasteiger partial charge in [0.15, 0.2) is 0 Å². The van der Waals surface area contributed by atoms with Crippen LogP contribution < -0.4 is 0 Å². The summed E-state index contributed by atoms with van der Waals surface area (Å²) >= 11 is 0.775. The maximum Gasteiger partial charge on any atom is 0.319 e. The third kappa shape index (κ3) is 4.71. The summed E-state index contributed by atoms with van der Waals surface area (Å²) in [6.45, 7) is 4.84. The molecule has 0 fully saturated rings. The first-order chi connectivity index (χ1) is 10.3. The molecule has 0 heterocycles. The van der Waals surface area contributed by atoms with Crippen LogP contribution in [0.4, 0.5) is 8.78 Å². The quantitative estimate of drug-likeness (QED) is 0.270. The Morgan fingerprint density at radius 1 is 1.27 bits per heavy atom. The van der Waals surface area contributed by atoms with E-state index in [1.165, 1.54) is 6.92 Å². The average Bonchev–Trinajstić information content (AvgIpc) is 2.40. The highest BCUT2D eigenvalue weighted by Crippen LogP contribution is 2.29. The van der Waals surface area contributed by atoms with Gasteiger partial charge in [0.05, 0.1) is 11.7 Å². The van der Waals surface area contributed by atoms with Gasteiger partial charge < -0.3 is 4.74 Å². The van der Waals surface area contributed by atoms with Crippen molar-refractivity contribution in [2.75, 3.05) is 0 Å². The lowest BCUT2D eigenvalue weighted by Gasteiger charge is -2.14. The molecule has 1 aromatic rings. The van der Waals surface area contributed by atoms with Crippen LogP contribution >= 0.6 is 11.8 Å². The van der Waals surface area contributed by atoms with Crippen molar-refractivity contribution in [2.24, 2.45) is 5.11 Å². The van der Waals surface area contributed by atoms with E-state index in [-0.39, 0.29) is 11.0 Å². The minimum Gasteiger partial charge on any atom is -0.462 e. The van der Waals surface area contributed by atoms with Crippen LogP contribution in [-0.2, 0) is 9.53 Å². The highest BCUT2D eigenvalue weighted by molar-refractivity contribution is 8.00. The van der Waals surface area contributed by atoms with Crippen LogP contribution in [0.5, 0.6) is 0 Å². The predicted molar refractivity (Wildman–Crippen MR) is 76.4 cm³/mol. The van der Waals surface area contributed by atoms with Gasteiger partial charge in [-0.15, -0.1) is 11.8 Å². The van der Waals surface area contributed by atoms with E-state index >= 15 is 0 Å². The van der Waals surface area contributed by atoms with Crippen molar-refractivity contribution < 1.29 is 23.1 Å². The summed E-state index contributed by atoms with van der Waals surface area (Å²) in [6, 6.07) is 1.41. The van der Waals surface area contributed by atoms with Crippen molar-refractivity contribution in [3.8, 4) is 0 Å². The Bertz CT molecular complexity index is 646. The zero-order chi connectivity index (χ0) is 16.9.